The summed E-state index contributed by atoms with van der Waals surface area (Å²) >= 11 is 0. The summed E-state index contributed by atoms with van der Waals surface area (Å²) in [7, 11) is 0. The van der Waals surface area contributed by atoms with Crippen molar-refractivity contribution in [3.05, 3.63) is 101 Å². The molecule has 2 N–H and O–H groups in total. The molecule has 6 nitrogen and oxygen atoms in total. The zero-order chi connectivity index (χ0) is 22.6. The van der Waals surface area contributed by atoms with Gasteiger partial charge in [-0.3, -0.25) is 9.59 Å². The fraction of sp³-hybridized carbons (Fsp3) is 0.231. The zero-order valence-electron chi connectivity index (χ0n) is 18.2. The summed E-state index contributed by atoms with van der Waals surface area (Å²) in [6.07, 6.45) is 0. The van der Waals surface area contributed by atoms with Crippen molar-refractivity contribution in [2.75, 3.05) is 25.1 Å². The molecule has 3 aromatic rings. The van der Waals surface area contributed by atoms with Crippen LogP contribution in [0.15, 0.2) is 78.9 Å². The molecule has 32 heavy (non-hydrogen) atoms. The molecule has 0 radical (unpaired) electrons. The number of anilines is 1. The lowest BCUT2D eigenvalue weighted by Gasteiger charge is -2.09. The van der Waals surface area contributed by atoms with Crippen LogP contribution in [0.1, 0.15) is 38.8 Å². The van der Waals surface area contributed by atoms with Gasteiger partial charge in [-0.15, -0.1) is 0 Å². The number of amides is 2. The van der Waals surface area contributed by atoms with E-state index < -0.39 is 0 Å². The van der Waals surface area contributed by atoms with Crippen LogP contribution in [0.4, 0.5) is 5.69 Å². The number of ether oxygens (including phenoxy) is 2. The Morgan fingerprint density at radius 1 is 0.750 bits per heavy atom. The van der Waals surface area contributed by atoms with Crippen molar-refractivity contribution in [2.24, 2.45) is 0 Å². The molecule has 0 unspecified atom stereocenters. The van der Waals surface area contributed by atoms with E-state index in [0.29, 0.717) is 49.8 Å². The summed E-state index contributed by atoms with van der Waals surface area (Å²) in [5.41, 5.74) is 3.78. The van der Waals surface area contributed by atoms with Crippen LogP contribution < -0.4 is 10.6 Å². The third-order valence-electron chi connectivity index (χ3n) is 4.73. The molecule has 0 aliphatic heterocycles. The second-order valence-corrected chi connectivity index (χ2v) is 7.15. The highest BCUT2D eigenvalue weighted by atomic mass is 16.5. The van der Waals surface area contributed by atoms with Crippen LogP contribution in [0.5, 0.6) is 0 Å². The van der Waals surface area contributed by atoms with Crippen molar-refractivity contribution in [1.82, 2.24) is 5.32 Å². The lowest BCUT2D eigenvalue weighted by atomic mass is 10.1. The van der Waals surface area contributed by atoms with E-state index in [1.165, 1.54) is 0 Å². The molecule has 0 atom stereocenters. The Morgan fingerprint density at radius 3 is 2.19 bits per heavy atom. The minimum absolute atomic E-state index is 0.177. The highest BCUT2D eigenvalue weighted by molar-refractivity contribution is 6.04. The normalized spacial score (nSPS) is 10.5. The Kier molecular flexibility index (Phi) is 8.98. The molecular formula is C26H28N2O4. The second-order valence-electron chi connectivity index (χ2n) is 7.15. The molecule has 0 aliphatic carbocycles. The maximum Gasteiger partial charge on any atom is 0.255 e. The number of carbonyl (C=O) groups is 2. The molecule has 3 aromatic carbocycles. The Bertz CT molecular complexity index is 1000. The number of hydrogen-bond acceptors (Lipinski definition) is 4. The number of benzene rings is 3. The molecular weight excluding hydrogens is 404 g/mol. The van der Waals surface area contributed by atoms with E-state index in [2.05, 4.69) is 10.6 Å². The number of hydrogen-bond donors (Lipinski definition) is 2. The van der Waals surface area contributed by atoms with E-state index in [-0.39, 0.29) is 11.8 Å². The Hall–Kier alpha value is -3.48. The van der Waals surface area contributed by atoms with Crippen LogP contribution in [0.25, 0.3) is 0 Å². The molecule has 2 amide bonds. The van der Waals surface area contributed by atoms with Crippen molar-refractivity contribution in [2.45, 2.75) is 20.1 Å². The molecule has 0 fully saturated rings. The van der Waals surface area contributed by atoms with Crippen molar-refractivity contribution in [3.8, 4) is 0 Å². The zero-order valence-corrected chi connectivity index (χ0v) is 18.2. The molecule has 0 aromatic heterocycles. The third-order valence-corrected chi connectivity index (χ3v) is 4.73. The predicted octanol–water partition coefficient (Wildman–Crippen LogP) is 4.42. The first kappa shape index (κ1) is 23.2. The summed E-state index contributed by atoms with van der Waals surface area (Å²) in [6.45, 7) is 4.69. The first-order chi connectivity index (χ1) is 15.7. The van der Waals surface area contributed by atoms with Crippen LogP contribution in [-0.4, -0.2) is 31.6 Å². The first-order valence-corrected chi connectivity index (χ1v) is 10.6. The van der Waals surface area contributed by atoms with E-state index in [9.17, 15) is 9.59 Å². The highest BCUT2D eigenvalue weighted by Crippen LogP contribution is 2.12. The van der Waals surface area contributed by atoms with E-state index in [1.807, 2.05) is 49.4 Å². The van der Waals surface area contributed by atoms with Gasteiger partial charge in [-0.2, -0.15) is 0 Å². The second kappa shape index (κ2) is 12.4. The SMILES string of the molecule is CCOCCOCc1cccc(CNC(=O)c2ccc(NC(=O)c3ccccc3)cc2)c1. The molecule has 6 heteroatoms. The van der Waals surface area contributed by atoms with Gasteiger partial charge in [0.1, 0.15) is 0 Å². The Balaban J connectivity index is 1.47. The standard InChI is InChI=1S/C26H28N2O4/c1-2-31-15-16-32-19-21-8-6-7-20(17-21)18-27-25(29)23-11-13-24(14-12-23)28-26(30)22-9-4-3-5-10-22/h3-14,17H,2,15-16,18-19H2,1H3,(H,27,29)(H,28,30). The van der Waals surface area contributed by atoms with Gasteiger partial charge >= 0.3 is 0 Å². The van der Waals surface area contributed by atoms with Crippen molar-refractivity contribution in [3.63, 3.8) is 0 Å². The van der Waals surface area contributed by atoms with Gasteiger partial charge in [0.15, 0.2) is 0 Å². The molecule has 0 spiro atoms. The molecule has 0 bridgehead atoms. The van der Waals surface area contributed by atoms with Crippen LogP contribution in [-0.2, 0) is 22.6 Å². The maximum atomic E-state index is 12.5. The monoisotopic (exact) mass is 432 g/mol. The molecule has 0 saturated heterocycles. The highest BCUT2D eigenvalue weighted by Gasteiger charge is 2.08. The van der Waals surface area contributed by atoms with Gasteiger partial charge in [-0.1, -0.05) is 42.5 Å². The fourth-order valence-electron chi connectivity index (χ4n) is 3.06. The summed E-state index contributed by atoms with van der Waals surface area (Å²) in [5.74, 6) is -0.367. The average Bonchev–Trinajstić information content (AvgIpc) is 2.83. The summed E-state index contributed by atoms with van der Waals surface area (Å²) in [6, 6.07) is 23.7. The van der Waals surface area contributed by atoms with Crippen molar-refractivity contribution in [1.29, 1.82) is 0 Å². The van der Waals surface area contributed by atoms with Gasteiger partial charge in [-0.05, 0) is 54.4 Å². The number of carbonyl (C=O) groups excluding carboxylic acids is 2. The smallest absolute Gasteiger partial charge is 0.255 e. The third kappa shape index (κ3) is 7.34. The van der Waals surface area contributed by atoms with Gasteiger partial charge in [-0.25, -0.2) is 0 Å². The van der Waals surface area contributed by atoms with Gasteiger partial charge in [0, 0.05) is 30.0 Å². The summed E-state index contributed by atoms with van der Waals surface area (Å²) in [5, 5.41) is 5.75. The molecule has 0 heterocycles. The first-order valence-electron chi connectivity index (χ1n) is 10.6. The van der Waals surface area contributed by atoms with Gasteiger partial charge < -0.3 is 20.1 Å². The average molecular weight is 433 g/mol. The van der Waals surface area contributed by atoms with E-state index >= 15 is 0 Å². The Morgan fingerprint density at radius 2 is 1.44 bits per heavy atom. The molecule has 0 saturated carbocycles. The van der Waals surface area contributed by atoms with Crippen LogP contribution in [0, 0.1) is 0 Å². The fourth-order valence-corrected chi connectivity index (χ4v) is 3.06. The van der Waals surface area contributed by atoms with E-state index in [1.54, 1.807) is 36.4 Å². The van der Waals surface area contributed by atoms with Gasteiger partial charge in [0.2, 0.25) is 0 Å². The molecule has 166 valence electrons. The van der Waals surface area contributed by atoms with Crippen molar-refractivity contribution >= 4 is 17.5 Å². The lowest BCUT2D eigenvalue weighted by molar-refractivity contribution is 0.0453. The minimum atomic E-state index is -0.190. The van der Waals surface area contributed by atoms with Crippen LogP contribution in [0.3, 0.4) is 0 Å². The molecule has 3 rings (SSSR count). The summed E-state index contributed by atoms with van der Waals surface area (Å²) < 4.78 is 10.9. The minimum Gasteiger partial charge on any atom is -0.379 e. The van der Waals surface area contributed by atoms with E-state index in [0.717, 1.165) is 11.1 Å². The van der Waals surface area contributed by atoms with E-state index in [4.69, 9.17) is 9.47 Å². The molecule has 0 aliphatic rings. The van der Waals surface area contributed by atoms with Gasteiger partial charge in [0.05, 0.1) is 19.8 Å². The number of rotatable bonds is 11. The lowest BCUT2D eigenvalue weighted by Crippen LogP contribution is -2.22. The number of nitrogens with one attached hydrogen (secondary N) is 2. The quantitative estimate of drug-likeness (QED) is 0.440. The maximum absolute atomic E-state index is 12.5. The van der Waals surface area contributed by atoms with Crippen LogP contribution in [0.2, 0.25) is 0 Å². The summed E-state index contributed by atoms with van der Waals surface area (Å²) in [4.78, 5) is 24.7. The Labute approximate surface area is 188 Å². The largest absolute Gasteiger partial charge is 0.379 e. The van der Waals surface area contributed by atoms with Gasteiger partial charge in [0.25, 0.3) is 11.8 Å². The van der Waals surface area contributed by atoms with Crippen LogP contribution >= 0.6 is 0 Å². The predicted molar refractivity (Wildman–Crippen MR) is 125 cm³/mol. The topological polar surface area (TPSA) is 76.7 Å². The van der Waals surface area contributed by atoms with Crippen molar-refractivity contribution < 1.29 is 19.1 Å².